The maximum absolute atomic E-state index is 13.1. The van der Waals surface area contributed by atoms with Gasteiger partial charge in [-0.05, 0) is 35.5 Å². The zero-order valence-electron chi connectivity index (χ0n) is 7.79. The molecule has 0 aromatic heterocycles. The summed E-state index contributed by atoms with van der Waals surface area (Å²) in [4.78, 5) is 22.3. The summed E-state index contributed by atoms with van der Waals surface area (Å²) in [6.07, 6.45) is 1.43. The lowest BCUT2D eigenvalue weighted by molar-refractivity contribution is -0.115. The van der Waals surface area contributed by atoms with E-state index in [0.29, 0.717) is 5.56 Å². The summed E-state index contributed by atoms with van der Waals surface area (Å²) in [5, 5.41) is 1.70. The van der Waals surface area contributed by atoms with E-state index in [9.17, 15) is 14.0 Å². The highest BCUT2D eigenvalue weighted by Gasteiger charge is 2.24. The summed E-state index contributed by atoms with van der Waals surface area (Å²) in [7, 11) is 0. The van der Waals surface area contributed by atoms with E-state index in [1.807, 2.05) is 0 Å². The molecule has 1 heterocycles. The molecule has 2 amide bonds. The first-order chi connectivity index (χ1) is 7.56. The van der Waals surface area contributed by atoms with Crippen molar-refractivity contribution in [2.45, 2.75) is 0 Å². The van der Waals surface area contributed by atoms with Crippen LogP contribution in [0.1, 0.15) is 5.56 Å². The van der Waals surface area contributed by atoms with Gasteiger partial charge >= 0.3 is 0 Å². The number of hydrogen-bond acceptors (Lipinski definition) is 3. The first kappa shape index (κ1) is 11.2. The Morgan fingerprint density at radius 3 is 2.69 bits per heavy atom. The van der Waals surface area contributed by atoms with E-state index in [1.165, 1.54) is 18.2 Å². The van der Waals surface area contributed by atoms with Crippen LogP contribution in [0.15, 0.2) is 23.1 Å². The molecule has 1 aliphatic rings. The molecule has 16 heavy (non-hydrogen) atoms. The van der Waals surface area contributed by atoms with Crippen LogP contribution in [-0.4, -0.2) is 11.1 Å². The van der Waals surface area contributed by atoms with Crippen LogP contribution in [0, 0.1) is 5.82 Å². The molecule has 2 rings (SSSR count). The smallest absolute Gasteiger partial charge is 0.282 e. The highest BCUT2D eigenvalue weighted by atomic mass is 35.5. The van der Waals surface area contributed by atoms with E-state index in [-0.39, 0.29) is 9.93 Å². The van der Waals surface area contributed by atoms with Gasteiger partial charge < -0.3 is 0 Å². The van der Waals surface area contributed by atoms with Crippen molar-refractivity contribution < 1.29 is 14.0 Å². The van der Waals surface area contributed by atoms with Gasteiger partial charge in [0.25, 0.3) is 11.1 Å². The number of benzene rings is 1. The summed E-state index contributed by atoms with van der Waals surface area (Å²) >= 11 is 6.30. The molecule has 1 N–H and O–H groups in total. The van der Waals surface area contributed by atoms with Crippen LogP contribution in [0.2, 0.25) is 5.02 Å². The average molecular weight is 258 g/mol. The van der Waals surface area contributed by atoms with Gasteiger partial charge in [0.1, 0.15) is 5.82 Å². The molecule has 1 aromatic rings. The van der Waals surface area contributed by atoms with Crippen molar-refractivity contribution in [3.63, 3.8) is 0 Å². The number of thioether (sulfide) groups is 1. The number of hydrogen-bond donors (Lipinski definition) is 1. The maximum Gasteiger partial charge on any atom is 0.290 e. The fraction of sp³-hybridized carbons (Fsp3) is 0. The Bertz CT molecular complexity index is 516. The van der Waals surface area contributed by atoms with E-state index >= 15 is 0 Å². The average Bonchev–Trinajstić information content (AvgIpc) is 2.51. The van der Waals surface area contributed by atoms with Gasteiger partial charge in [0, 0.05) is 0 Å². The number of carbonyl (C=O) groups is 2. The van der Waals surface area contributed by atoms with Crippen molar-refractivity contribution in [3.05, 3.63) is 39.5 Å². The quantitative estimate of drug-likeness (QED) is 0.787. The van der Waals surface area contributed by atoms with Crippen LogP contribution < -0.4 is 5.32 Å². The minimum Gasteiger partial charge on any atom is -0.282 e. The minimum absolute atomic E-state index is 0.0155. The number of halogens is 2. The molecule has 0 atom stereocenters. The van der Waals surface area contributed by atoms with E-state index in [1.54, 1.807) is 6.07 Å². The van der Waals surface area contributed by atoms with E-state index < -0.39 is 17.0 Å². The Morgan fingerprint density at radius 1 is 1.38 bits per heavy atom. The van der Waals surface area contributed by atoms with E-state index in [4.69, 9.17) is 11.6 Å². The number of imide groups is 1. The lowest BCUT2D eigenvalue weighted by atomic mass is 10.2. The molecule has 6 heteroatoms. The molecule has 0 saturated carbocycles. The third kappa shape index (κ3) is 2.25. The molecule has 1 fully saturated rings. The predicted octanol–water partition coefficient (Wildman–Crippen LogP) is 2.80. The zero-order chi connectivity index (χ0) is 11.7. The lowest BCUT2D eigenvalue weighted by Gasteiger charge is -1.97. The van der Waals surface area contributed by atoms with Gasteiger partial charge in [-0.2, -0.15) is 0 Å². The van der Waals surface area contributed by atoms with Crippen molar-refractivity contribution in [3.8, 4) is 0 Å². The summed E-state index contributed by atoms with van der Waals surface area (Å²) in [6, 6.07) is 4.16. The number of amides is 2. The Morgan fingerprint density at radius 2 is 2.12 bits per heavy atom. The standard InChI is InChI=1S/C10H5ClFNO2S/c11-6-2-1-5(3-7(6)12)4-8-9(14)13-10(15)16-8/h1-4H,(H,13,14,15). The number of carbonyl (C=O) groups excluding carboxylic acids is 2. The van der Waals surface area contributed by atoms with Crippen LogP contribution >= 0.6 is 23.4 Å². The summed E-state index contributed by atoms with van der Waals surface area (Å²) in [5.41, 5.74) is 0.481. The maximum atomic E-state index is 13.1. The first-order valence-corrected chi connectivity index (χ1v) is 5.45. The van der Waals surface area contributed by atoms with Crippen molar-refractivity contribution >= 4 is 40.6 Å². The molecule has 0 aliphatic carbocycles. The number of rotatable bonds is 1. The minimum atomic E-state index is -0.564. The van der Waals surface area contributed by atoms with Gasteiger partial charge in [0.15, 0.2) is 0 Å². The predicted molar refractivity (Wildman–Crippen MR) is 60.5 cm³/mol. The Balaban J connectivity index is 2.32. The second kappa shape index (κ2) is 4.27. The second-order valence-corrected chi connectivity index (χ2v) is 4.45. The van der Waals surface area contributed by atoms with Gasteiger partial charge in [-0.15, -0.1) is 0 Å². The highest BCUT2D eigenvalue weighted by Crippen LogP contribution is 2.26. The van der Waals surface area contributed by atoms with Crippen LogP contribution in [0.5, 0.6) is 0 Å². The third-order valence-electron chi connectivity index (χ3n) is 1.88. The van der Waals surface area contributed by atoms with Gasteiger partial charge in [-0.1, -0.05) is 17.7 Å². The summed E-state index contributed by atoms with van der Waals surface area (Å²) < 4.78 is 13.1. The van der Waals surface area contributed by atoms with Gasteiger partial charge in [-0.25, -0.2) is 4.39 Å². The van der Waals surface area contributed by atoms with Crippen molar-refractivity contribution in [2.75, 3.05) is 0 Å². The SMILES string of the molecule is O=C1NC(=O)C(=Cc2ccc(Cl)c(F)c2)S1. The Hall–Kier alpha value is -1.33. The van der Waals surface area contributed by atoms with Crippen molar-refractivity contribution in [1.29, 1.82) is 0 Å². The lowest BCUT2D eigenvalue weighted by Crippen LogP contribution is -2.17. The topological polar surface area (TPSA) is 46.2 Å². The molecule has 1 saturated heterocycles. The largest absolute Gasteiger partial charge is 0.290 e. The zero-order valence-corrected chi connectivity index (χ0v) is 9.36. The normalized spacial score (nSPS) is 18.0. The van der Waals surface area contributed by atoms with Crippen molar-refractivity contribution in [1.82, 2.24) is 5.32 Å². The molecule has 1 aliphatic heterocycles. The molecule has 0 spiro atoms. The fourth-order valence-electron chi connectivity index (χ4n) is 1.17. The van der Waals surface area contributed by atoms with Gasteiger partial charge in [0.05, 0.1) is 9.93 Å². The summed E-state index contributed by atoms with van der Waals surface area (Å²) in [5.74, 6) is -1.03. The van der Waals surface area contributed by atoms with E-state index in [0.717, 1.165) is 11.8 Å². The summed E-state index contributed by atoms with van der Waals surface area (Å²) in [6.45, 7) is 0. The molecule has 3 nitrogen and oxygen atoms in total. The molecule has 1 aromatic carbocycles. The third-order valence-corrected chi connectivity index (χ3v) is 3.00. The van der Waals surface area contributed by atoms with Crippen molar-refractivity contribution in [2.24, 2.45) is 0 Å². The molecule has 0 radical (unpaired) electrons. The van der Waals surface area contributed by atoms with Crippen LogP contribution in [-0.2, 0) is 4.79 Å². The fourth-order valence-corrected chi connectivity index (χ4v) is 1.97. The molecular weight excluding hydrogens is 253 g/mol. The van der Waals surface area contributed by atoms with E-state index in [2.05, 4.69) is 5.32 Å². The Kier molecular flexibility index (Phi) is 2.98. The first-order valence-electron chi connectivity index (χ1n) is 4.26. The number of nitrogens with one attached hydrogen (secondary N) is 1. The highest BCUT2D eigenvalue weighted by molar-refractivity contribution is 8.18. The van der Waals surface area contributed by atoms with Crippen LogP contribution in [0.25, 0.3) is 6.08 Å². The molecule has 0 bridgehead atoms. The Labute approximate surface area is 99.7 Å². The van der Waals surface area contributed by atoms with Crippen LogP contribution in [0.4, 0.5) is 9.18 Å². The van der Waals surface area contributed by atoms with Gasteiger partial charge in [-0.3, -0.25) is 14.9 Å². The second-order valence-electron chi connectivity index (χ2n) is 3.03. The molecule has 82 valence electrons. The van der Waals surface area contributed by atoms with Crippen LogP contribution in [0.3, 0.4) is 0 Å². The monoisotopic (exact) mass is 257 g/mol. The molecule has 0 unspecified atom stereocenters. The molecular formula is C10H5ClFNO2S. The van der Waals surface area contributed by atoms with Gasteiger partial charge in [0.2, 0.25) is 0 Å².